The summed E-state index contributed by atoms with van der Waals surface area (Å²) in [4.78, 5) is 12.0. The summed E-state index contributed by atoms with van der Waals surface area (Å²) in [6.07, 6.45) is 0.763. The molecule has 0 spiro atoms. The van der Waals surface area contributed by atoms with E-state index < -0.39 is 0 Å². The van der Waals surface area contributed by atoms with Gasteiger partial charge in [0.15, 0.2) is 0 Å². The average Bonchev–Trinajstić information content (AvgIpc) is 2.74. The molecule has 1 aromatic carbocycles. The van der Waals surface area contributed by atoms with Crippen LogP contribution in [0.15, 0.2) is 30.3 Å². The number of aryl methyl sites for hydroxylation is 2. The van der Waals surface area contributed by atoms with E-state index in [2.05, 4.69) is 57.3 Å². The van der Waals surface area contributed by atoms with Gasteiger partial charge in [-0.1, -0.05) is 30.3 Å². The van der Waals surface area contributed by atoms with Crippen LogP contribution in [0.25, 0.3) is 10.2 Å². The van der Waals surface area contributed by atoms with Gasteiger partial charge in [-0.2, -0.15) is 0 Å². The van der Waals surface area contributed by atoms with Crippen molar-refractivity contribution < 1.29 is 0 Å². The summed E-state index contributed by atoms with van der Waals surface area (Å²) in [5.74, 6) is 1.84. The predicted octanol–water partition coefficient (Wildman–Crippen LogP) is 4.72. The van der Waals surface area contributed by atoms with Crippen LogP contribution in [0.4, 0.5) is 5.82 Å². The minimum Gasteiger partial charge on any atom is -0.367 e. The lowest BCUT2D eigenvalue weighted by atomic mass is 10.1. The molecular formula is C18H21N3S. The van der Waals surface area contributed by atoms with Crippen LogP contribution in [0, 0.1) is 13.8 Å². The van der Waals surface area contributed by atoms with Crippen molar-refractivity contribution in [2.24, 2.45) is 0 Å². The number of rotatable bonds is 4. The normalized spacial score (nSPS) is 11.3. The van der Waals surface area contributed by atoms with Crippen molar-refractivity contribution in [2.75, 3.05) is 5.32 Å². The average molecular weight is 311 g/mol. The van der Waals surface area contributed by atoms with Crippen LogP contribution in [0.3, 0.4) is 0 Å². The molecule has 0 unspecified atom stereocenters. The van der Waals surface area contributed by atoms with E-state index in [1.165, 1.54) is 21.4 Å². The predicted molar refractivity (Wildman–Crippen MR) is 94.9 cm³/mol. The first-order chi connectivity index (χ1) is 10.5. The zero-order valence-electron chi connectivity index (χ0n) is 13.5. The van der Waals surface area contributed by atoms with Gasteiger partial charge in [0, 0.05) is 17.3 Å². The summed E-state index contributed by atoms with van der Waals surface area (Å²) in [6.45, 7) is 8.58. The molecule has 0 amide bonds. The summed E-state index contributed by atoms with van der Waals surface area (Å²) in [7, 11) is 0. The molecule has 2 heterocycles. The third kappa shape index (κ3) is 2.97. The van der Waals surface area contributed by atoms with Crippen molar-refractivity contribution in [3.8, 4) is 0 Å². The Kier molecular flexibility index (Phi) is 4.12. The first-order valence-corrected chi connectivity index (χ1v) is 8.43. The fraction of sp³-hybridized carbons (Fsp3) is 0.333. The zero-order valence-corrected chi connectivity index (χ0v) is 14.3. The topological polar surface area (TPSA) is 37.8 Å². The fourth-order valence-electron chi connectivity index (χ4n) is 2.53. The highest BCUT2D eigenvalue weighted by Gasteiger charge is 2.15. The van der Waals surface area contributed by atoms with Crippen LogP contribution in [0.5, 0.6) is 0 Å². The smallest absolute Gasteiger partial charge is 0.139 e. The molecule has 0 saturated heterocycles. The van der Waals surface area contributed by atoms with Gasteiger partial charge in [0.1, 0.15) is 16.5 Å². The molecule has 0 radical (unpaired) electrons. The standard InChI is InChI=1S/C18H21N3S/c1-11(2)19-17-16-12(3)13(4)22-18(16)21-15(20-17)10-14-8-6-5-7-9-14/h5-9,11H,10H2,1-4H3,(H,19,20,21). The lowest BCUT2D eigenvalue weighted by Crippen LogP contribution is -2.13. The molecule has 0 saturated carbocycles. The third-order valence-electron chi connectivity index (χ3n) is 3.71. The highest BCUT2D eigenvalue weighted by molar-refractivity contribution is 7.18. The monoisotopic (exact) mass is 311 g/mol. The number of nitrogens with one attached hydrogen (secondary N) is 1. The maximum atomic E-state index is 4.79. The second-order valence-corrected chi connectivity index (χ2v) is 7.12. The second kappa shape index (κ2) is 6.05. The van der Waals surface area contributed by atoms with Gasteiger partial charge in [0.25, 0.3) is 0 Å². The van der Waals surface area contributed by atoms with Gasteiger partial charge in [-0.3, -0.25) is 0 Å². The van der Waals surface area contributed by atoms with Crippen LogP contribution in [-0.4, -0.2) is 16.0 Å². The van der Waals surface area contributed by atoms with Gasteiger partial charge in [-0.15, -0.1) is 11.3 Å². The molecule has 0 aliphatic heterocycles. The first-order valence-electron chi connectivity index (χ1n) is 7.61. The van der Waals surface area contributed by atoms with E-state index in [0.29, 0.717) is 6.04 Å². The van der Waals surface area contributed by atoms with Crippen LogP contribution >= 0.6 is 11.3 Å². The molecule has 114 valence electrons. The molecule has 3 rings (SSSR count). The number of aromatic nitrogens is 2. The number of fused-ring (bicyclic) bond motifs is 1. The van der Waals surface area contributed by atoms with Gasteiger partial charge >= 0.3 is 0 Å². The van der Waals surface area contributed by atoms with Crippen molar-refractivity contribution in [3.05, 3.63) is 52.2 Å². The molecule has 2 aromatic heterocycles. The third-order valence-corrected chi connectivity index (χ3v) is 4.81. The Bertz CT molecular complexity index is 791. The summed E-state index contributed by atoms with van der Waals surface area (Å²) in [5, 5.41) is 4.66. The summed E-state index contributed by atoms with van der Waals surface area (Å²) < 4.78 is 0. The van der Waals surface area contributed by atoms with Crippen LogP contribution in [-0.2, 0) is 6.42 Å². The fourth-order valence-corrected chi connectivity index (χ4v) is 3.58. The van der Waals surface area contributed by atoms with Crippen molar-refractivity contribution >= 4 is 27.4 Å². The number of hydrogen-bond donors (Lipinski definition) is 1. The molecule has 0 atom stereocenters. The molecule has 1 N–H and O–H groups in total. The highest BCUT2D eigenvalue weighted by Crippen LogP contribution is 2.33. The van der Waals surface area contributed by atoms with E-state index >= 15 is 0 Å². The lowest BCUT2D eigenvalue weighted by Gasteiger charge is -2.12. The Morgan fingerprint density at radius 3 is 2.50 bits per heavy atom. The van der Waals surface area contributed by atoms with Gasteiger partial charge in [-0.25, -0.2) is 9.97 Å². The van der Waals surface area contributed by atoms with E-state index in [0.717, 1.165) is 22.9 Å². The maximum Gasteiger partial charge on any atom is 0.139 e. The summed E-state index contributed by atoms with van der Waals surface area (Å²) >= 11 is 1.75. The second-order valence-electron chi connectivity index (χ2n) is 5.91. The summed E-state index contributed by atoms with van der Waals surface area (Å²) in [6, 6.07) is 10.7. The Morgan fingerprint density at radius 1 is 1.09 bits per heavy atom. The van der Waals surface area contributed by atoms with Gasteiger partial charge < -0.3 is 5.32 Å². The van der Waals surface area contributed by atoms with Crippen molar-refractivity contribution in [2.45, 2.75) is 40.2 Å². The molecule has 0 fully saturated rings. The number of hydrogen-bond acceptors (Lipinski definition) is 4. The van der Waals surface area contributed by atoms with Crippen LogP contribution in [0.1, 0.15) is 35.7 Å². The number of nitrogens with zero attached hydrogens (tertiary/aromatic N) is 2. The van der Waals surface area contributed by atoms with Gasteiger partial charge in [0.2, 0.25) is 0 Å². The molecule has 4 heteroatoms. The van der Waals surface area contributed by atoms with E-state index in [4.69, 9.17) is 9.97 Å². The SMILES string of the molecule is Cc1sc2nc(Cc3ccccc3)nc(NC(C)C)c2c1C. The molecule has 0 aliphatic rings. The Hall–Kier alpha value is -1.94. The molecule has 3 nitrogen and oxygen atoms in total. The van der Waals surface area contributed by atoms with E-state index in [1.807, 2.05) is 6.07 Å². The summed E-state index contributed by atoms with van der Waals surface area (Å²) in [5.41, 5.74) is 2.52. The van der Waals surface area contributed by atoms with Crippen molar-refractivity contribution in [1.29, 1.82) is 0 Å². The molecular weight excluding hydrogens is 290 g/mol. The highest BCUT2D eigenvalue weighted by atomic mass is 32.1. The van der Waals surface area contributed by atoms with E-state index in [-0.39, 0.29) is 0 Å². The van der Waals surface area contributed by atoms with E-state index in [9.17, 15) is 0 Å². The maximum absolute atomic E-state index is 4.79. The first kappa shape index (κ1) is 15.0. The lowest BCUT2D eigenvalue weighted by molar-refractivity contribution is 0.881. The quantitative estimate of drug-likeness (QED) is 0.757. The largest absolute Gasteiger partial charge is 0.367 e. The van der Waals surface area contributed by atoms with E-state index in [1.54, 1.807) is 11.3 Å². The molecule has 0 bridgehead atoms. The minimum atomic E-state index is 0.349. The van der Waals surface area contributed by atoms with Crippen molar-refractivity contribution in [1.82, 2.24) is 9.97 Å². The van der Waals surface area contributed by atoms with Gasteiger partial charge in [0.05, 0.1) is 5.39 Å². The number of benzene rings is 1. The van der Waals surface area contributed by atoms with Crippen LogP contribution in [0.2, 0.25) is 0 Å². The Balaban J connectivity index is 2.08. The molecule has 0 aliphatic carbocycles. The minimum absolute atomic E-state index is 0.349. The zero-order chi connectivity index (χ0) is 15.7. The number of anilines is 1. The number of thiophene rings is 1. The molecule has 22 heavy (non-hydrogen) atoms. The van der Waals surface area contributed by atoms with Gasteiger partial charge in [-0.05, 0) is 38.8 Å². The Labute approximate surface area is 135 Å². The Morgan fingerprint density at radius 2 is 1.82 bits per heavy atom. The van der Waals surface area contributed by atoms with Crippen molar-refractivity contribution in [3.63, 3.8) is 0 Å². The van der Waals surface area contributed by atoms with Crippen LogP contribution < -0.4 is 5.32 Å². The molecule has 3 aromatic rings.